The van der Waals surface area contributed by atoms with Crippen LogP contribution in [0, 0.1) is 5.41 Å². The maximum absolute atomic E-state index is 10.0. The van der Waals surface area contributed by atoms with Crippen molar-refractivity contribution in [2.45, 2.75) is 20.8 Å². The van der Waals surface area contributed by atoms with Crippen molar-refractivity contribution in [1.82, 2.24) is 0 Å². The predicted octanol–water partition coefficient (Wildman–Crippen LogP) is -0.335. The molecule has 8 heavy (non-hydrogen) atoms. The number of carboxylic acid groups (broad SMARTS) is 1. The van der Waals surface area contributed by atoms with Gasteiger partial charge in [0.2, 0.25) is 0 Å². The normalized spacial score (nSPS) is 9.88. The van der Waals surface area contributed by atoms with Crippen LogP contribution in [0.3, 0.4) is 0 Å². The Kier molecular flexibility index (Phi) is 3.81. The molecule has 50 valence electrons. The van der Waals surface area contributed by atoms with E-state index in [1.165, 1.54) is 0 Å². The Morgan fingerprint density at radius 3 is 1.50 bits per heavy atom. The van der Waals surface area contributed by atoms with Gasteiger partial charge in [0.05, 0.1) is 5.41 Å². The maximum Gasteiger partial charge on any atom is 0.308 e. The Labute approximate surface area is 53.9 Å². The minimum absolute atomic E-state index is 0. The Balaban J connectivity index is 0. The highest BCUT2D eigenvalue weighted by molar-refractivity contribution is 5.75. The summed E-state index contributed by atoms with van der Waals surface area (Å²) in [5, 5.41) is 8.25. The summed E-state index contributed by atoms with van der Waals surface area (Å²) in [5.41, 5.74) is -0.583. The molecule has 0 aliphatic rings. The van der Waals surface area contributed by atoms with Crippen LogP contribution in [-0.2, 0) is 4.79 Å². The molecule has 0 spiro atoms. The molecule has 0 aromatic carbocycles. The molecule has 2 nitrogen and oxygen atoms in total. The van der Waals surface area contributed by atoms with Crippen LogP contribution in [0.25, 0.3) is 0 Å². The zero-order chi connectivity index (χ0) is 6.08. The standard InChI is InChI=1S/C5H10O2.H4Si/c1-5(2,3)4(6)7;/h1-3H3,(H,6,7);1H4. The van der Waals surface area contributed by atoms with Crippen molar-refractivity contribution in [1.29, 1.82) is 0 Å². The molecule has 0 amide bonds. The molecule has 0 aliphatic carbocycles. The van der Waals surface area contributed by atoms with Crippen LogP contribution in [0.4, 0.5) is 0 Å². The summed E-state index contributed by atoms with van der Waals surface area (Å²) < 4.78 is 0. The van der Waals surface area contributed by atoms with Gasteiger partial charge in [0.15, 0.2) is 0 Å². The summed E-state index contributed by atoms with van der Waals surface area (Å²) in [5.74, 6) is -0.757. The quantitative estimate of drug-likeness (QED) is 0.460. The second-order valence-electron chi connectivity index (χ2n) is 2.56. The number of hydrogen-bond acceptors (Lipinski definition) is 1. The van der Waals surface area contributed by atoms with Gasteiger partial charge in [0.25, 0.3) is 0 Å². The van der Waals surface area contributed by atoms with E-state index in [-0.39, 0.29) is 11.0 Å². The highest BCUT2D eigenvalue weighted by atomic mass is 28.1. The molecule has 0 aromatic rings. The average Bonchev–Trinajstić information content (AvgIpc) is 1.31. The summed E-state index contributed by atoms with van der Waals surface area (Å²) in [7, 11) is 0. The van der Waals surface area contributed by atoms with Crippen LogP contribution in [-0.4, -0.2) is 22.0 Å². The lowest BCUT2D eigenvalue weighted by atomic mass is 9.98. The first-order chi connectivity index (χ1) is 2.94. The van der Waals surface area contributed by atoms with Gasteiger partial charge >= 0.3 is 5.97 Å². The average molecular weight is 134 g/mol. The third kappa shape index (κ3) is 3.86. The number of aliphatic carboxylic acids is 1. The first-order valence-corrected chi connectivity index (χ1v) is 2.18. The number of hydrogen-bond donors (Lipinski definition) is 1. The van der Waals surface area contributed by atoms with Gasteiger partial charge in [0, 0.05) is 0 Å². The third-order valence-corrected chi connectivity index (χ3v) is 0.642. The van der Waals surface area contributed by atoms with Crippen LogP contribution in [0.1, 0.15) is 20.8 Å². The second kappa shape index (κ2) is 2.87. The van der Waals surface area contributed by atoms with Crippen molar-refractivity contribution in [2.24, 2.45) is 5.41 Å². The van der Waals surface area contributed by atoms with Gasteiger partial charge in [-0.15, -0.1) is 0 Å². The first-order valence-electron chi connectivity index (χ1n) is 2.18. The van der Waals surface area contributed by atoms with E-state index in [0.717, 1.165) is 0 Å². The van der Waals surface area contributed by atoms with E-state index in [9.17, 15) is 4.79 Å². The summed E-state index contributed by atoms with van der Waals surface area (Å²) >= 11 is 0. The van der Waals surface area contributed by atoms with E-state index in [0.29, 0.717) is 0 Å². The van der Waals surface area contributed by atoms with Crippen molar-refractivity contribution in [3.8, 4) is 0 Å². The third-order valence-electron chi connectivity index (χ3n) is 0.642. The Morgan fingerprint density at radius 1 is 1.38 bits per heavy atom. The first kappa shape index (κ1) is 10.6. The summed E-state index contributed by atoms with van der Waals surface area (Å²) in [6.07, 6.45) is 0. The molecule has 0 aromatic heterocycles. The van der Waals surface area contributed by atoms with Crippen LogP contribution < -0.4 is 0 Å². The van der Waals surface area contributed by atoms with E-state index in [1.807, 2.05) is 0 Å². The molecule has 0 radical (unpaired) electrons. The van der Waals surface area contributed by atoms with E-state index < -0.39 is 11.4 Å². The fourth-order valence-corrected chi connectivity index (χ4v) is 0. The van der Waals surface area contributed by atoms with Gasteiger partial charge in [-0.1, -0.05) is 0 Å². The Hall–Kier alpha value is -0.313. The van der Waals surface area contributed by atoms with Gasteiger partial charge in [-0.2, -0.15) is 0 Å². The highest BCUT2D eigenvalue weighted by Crippen LogP contribution is 2.11. The fourth-order valence-electron chi connectivity index (χ4n) is 0. The summed E-state index contributed by atoms with van der Waals surface area (Å²) in [4.78, 5) is 10.0. The summed E-state index contributed by atoms with van der Waals surface area (Å²) in [6.45, 7) is 4.99. The topological polar surface area (TPSA) is 37.3 Å². The molecule has 0 rings (SSSR count). The Bertz CT molecular complexity index is 82.9. The second-order valence-corrected chi connectivity index (χ2v) is 2.56. The monoisotopic (exact) mass is 134 g/mol. The van der Waals surface area contributed by atoms with Crippen molar-refractivity contribution < 1.29 is 9.90 Å². The minimum Gasteiger partial charge on any atom is -0.481 e. The van der Waals surface area contributed by atoms with E-state index in [1.54, 1.807) is 20.8 Å². The molecule has 1 N–H and O–H groups in total. The molecule has 0 unspecified atom stereocenters. The number of carbonyl (C=O) groups is 1. The van der Waals surface area contributed by atoms with Crippen molar-refractivity contribution in [3.05, 3.63) is 0 Å². The lowest BCUT2D eigenvalue weighted by Gasteiger charge is -2.08. The van der Waals surface area contributed by atoms with Gasteiger partial charge in [-0.3, -0.25) is 4.79 Å². The molecule has 0 aliphatic heterocycles. The maximum atomic E-state index is 10.0. The minimum atomic E-state index is -0.757. The lowest BCUT2D eigenvalue weighted by molar-refractivity contribution is -0.145. The van der Waals surface area contributed by atoms with Crippen molar-refractivity contribution >= 4 is 16.9 Å². The van der Waals surface area contributed by atoms with Gasteiger partial charge < -0.3 is 5.11 Å². The molecule has 0 heterocycles. The smallest absolute Gasteiger partial charge is 0.308 e. The van der Waals surface area contributed by atoms with E-state index in [4.69, 9.17) is 5.11 Å². The van der Waals surface area contributed by atoms with Crippen LogP contribution >= 0.6 is 0 Å². The Morgan fingerprint density at radius 2 is 1.50 bits per heavy atom. The SMILES string of the molecule is CC(C)(C)C(=O)O.[SiH4]. The summed E-state index contributed by atoms with van der Waals surface area (Å²) in [6, 6.07) is 0. The van der Waals surface area contributed by atoms with Gasteiger partial charge in [-0.05, 0) is 31.7 Å². The zero-order valence-electron chi connectivity index (χ0n) is 4.86. The zero-order valence-corrected chi connectivity index (χ0v) is 4.86. The molecule has 0 saturated carbocycles. The highest BCUT2D eigenvalue weighted by Gasteiger charge is 2.18. The number of carboxylic acids is 1. The van der Waals surface area contributed by atoms with Crippen LogP contribution in [0.2, 0.25) is 0 Å². The van der Waals surface area contributed by atoms with Gasteiger partial charge in [0.1, 0.15) is 0 Å². The van der Waals surface area contributed by atoms with Gasteiger partial charge in [-0.25, -0.2) is 0 Å². The number of rotatable bonds is 0. The van der Waals surface area contributed by atoms with Crippen molar-refractivity contribution in [3.63, 3.8) is 0 Å². The van der Waals surface area contributed by atoms with Crippen LogP contribution in [0.15, 0.2) is 0 Å². The molecule has 0 bridgehead atoms. The van der Waals surface area contributed by atoms with Crippen molar-refractivity contribution in [2.75, 3.05) is 0 Å². The lowest BCUT2D eigenvalue weighted by Crippen LogP contribution is -2.18. The molecular weight excluding hydrogens is 120 g/mol. The molecule has 0 saturated heterocycles. The molecular formula is C5H14O2Si. The predicted molar refractivity (Wildman–Crippen MR) is 38.4 cm³/mol. The van der Waals surface area contributed by atoms with E-state index in [2.05, 4.69) is 0 Å². The fraction of sp³-hybridized carbons (Fsp3) is 0.800. The largest absolute Gasteiger partial charge is 0.481 e. The van der Waals surface area contributed by atoms with Crippen LogP contribution in [0.5, 0.6) is 0 Å². The molecule has 0 atom stereocenters. The van der Waals surface area contributed by atoms with E-state index >= 15 is 0 Å². The molecule has 3 heteroatoms. The molecule has 0 fully saturated rings.